The highest BCUT2D eigenvalue weighted by Gasteiger charge is 2.30. The zero-order valence-corrected chi connectivity index (χ0v) is 17.7. The molecular formula is C22H19F3N6O3. The van der Waals surface area contributed by atoms with Crippen LogP contribution in [0.2, 0.25) is 0 Å². The number of fused-ring (bicyclic) bond motifs is 1. The van der Waals surface area contributed by atoms with Crippen LogP contribution in [0.3, 0.4) is 0 Å². The van der Waals surface area contributed by atoms with Gasteiger partial charge in [-0.15, -0.1) is 10.2 Å². The van der Waals surface area contributed by atoms with Gasteiger partial charge in [-0.2, -0.15) is 18.2 Å². The molecule has 1 aromatic carbocycles. The number of alkyl halides is 3. The number of nitrogens with zero attached hydrogens (tertiary/aromatic N) is 4. The zero-order chi connectivity index (χ0) is 24.1. The highest BCUT2D eigenvalue weighted by molar-refractivity contribution is 5.86. The number of halogens is 3. The lowest BCUT2D eigenvalue weighted by Crippen LogP contribution is -2.33. The van der Waals surface area contributed by atoms with Gasteiger partial charge in [0, 0.05) is 37.1 Å². The molecule has 1 aliphatic heterocycles. The number of nitrogens with one attached hydrogen (secondary N) is 2. The van der Waals surface area contributed by atoms with Crippen LogP contribution in [0.25, 0.3) is 11.4 Å². The SMILES string of the molecule is O=C(CCc1nc(-c2ccc(C(F)(F)F)cc2)no1)NCCNC1=C2C=CC=CC2C(=O)N=N1. The summed E-state index contributed by atoms with van der Waals surface area (Å²) in [6.07, 6.45) is 2.98. The molecule has 1 unspecified atom stereocenters. The molecule has 12 heteroatoms. The van der Waals surface area contributed by atoms with Gasteiger partial charge in [-0.1, -0.05) is 41.6 Å². The van der Waals surface area contributed by atoms with Crippen LogP contribution in [-0.2, 0) is 22.2 Å². The summed E-state index contributed by atoms with van der Waals surface area (Å²) in [4.78, 5) is 28.0. The van der Waals surface area contributed by atoms with Gasteiger partial charge in [-0.3, -0.25) is 9.59 Å². The fourth-order valence-electron chi connectivity index (χ4n) is 3.31. The van der Waals surface area contributed by atoms with Crippen LogP contribution >= 0.6 is 0 Å². The molecule has 0 saturated carbocycles. The molecule has 2 aliphatic rings. The van der Waals surface area contributed by atoms with E-state index in [-0.39, 0.29) is 36.4 Å². The van der Waals surface area contributed by atoms with Crippen molar-refractivity contribution in [2.75, 3.05) is 13.1 Å². The molecule has 34 heavy (non-hydrogen) atoms. The number of allylic oxidation sites excluding steroid dienone is 3. The molecule has 0 radical (unpaired) electrons. The lowest BCUT2D eigenvalue weighted by Gasteiger charge is -2.20. The highest BCUT2D eigenvalue weighted by Crippen LogP contribution is 2.30. The number of amides is 2. The number of rotatable bonds is 8. The monoisotopic (exact) mass is 472 g/mol. The average molecular weight is 472 g/mol. The van der Waals surface area contributed by atoms with E-state index >= 15 is 0 Å². The van der Waals surface area contributed by atoms with Gasteiger partial charge < -0.3 is 15.2 Å². The normalized spacial score (nSPS) is 17.1. The van der Waals surface area contributed by atoms with Crippen LogP contribution in [0, 0.1) is 5.92 Å². The van der Waals surface area contributed by atoms with Crippen LogP contribution in [0.5, 0.6) is 0 Å². The van der Waals surface area contributed by atoms with Crippen LogP contribution in [0.1, 0.15) is 17.9 Å². The van der Waals surface area contributed by atoms with E-state index in [4.69, 9.17) is 4.52 Å². The van der Waals surface area contributed by atoms with Crippen molar-refractivity contribution in [3.8, 4) is 11.4 Å². The third kappa shape index (κ3) is 5.45. The van der Waals surface area contributed by atoms with Gasteiger partial charge in [0.15, 0.2) is 5.82 Å². The van der Waals surface area contributed by atoms with Gasteiger partial charge in [-0.25, -0.2) is 0 Å². The molecule has 2 amide bonds. The first-order valence-electron chi connectivity index (χ1n) is 10.4. The summed E-state index contributed by atoms with van der Waals surface area (Å²) in [5, 5.41) is 17.1. The number of carbonyl (C=O) groups is 2. The number of hydrogen-bond acceptors (Lipinski definition) is 7. The van der Waals surface area contributed by atoms with Gasteiger partial charge in [0.1, 0.15) is 0 Å². The first-order valence-corrected chi connectivity index (χ1v) is 10.4. The Labute approximate surface area is 191 Å². The predicted octanol–water partition coefficient (Wildman–Crippen LogP) is 3.34. The topological polar surface area (TPSA) is 122 Å². The van der Waals surface area contributed by atoms with E-state index in [2.05, 4.69) is 31.0 Å². The van der Waals surface area contributed by atoms with Gasteiger partial charge in [-0.05, 0) is 12.1 Å². The van der Waals surface area contributed by atoms with E-state index in [0.717, 1.165) is 17.7 Å². The first kappa shape index (κ1) is 23.1. The average Bonchev–Trinajstić information content (AvgIpc) is 3.31. The molecule has 2 N–H and O–H groups in total. The summed E-state index contributed by atoms with van der Waals surface area (Å²) in [5.41, 5.74) is 0.338. The van der Waals surface area contributed by atoms with E-state index < -0.39 is 17.7 Å². The molecule has 1 atom stereocenters. The van der Waals surface area contributed by atoms with Crippen LogP contribution in [0.15, 0.2) is 74.7 Å². The Morgan fingerprint density at radius 3 is 2.65 bits per heavy atom. The molecule has 4 rings (SSSR count). The van der Waals surface area contributed by atoms with Crippen molar-refractivity contribution < 1.29 is 27.3 Å². The minimum absolute atomic E-state index is 0.0897. The summed E-state index contributed by atoms with van der Waals surface area (Å²) in [5.74, 6) is -0.175. The molecule has 9 nitrogen and oxygen atoms in total. The lowest BCUT2D eigenvalue weighted by molar-refractivity contribution is -0.137. The van der Waals surface area contributed by atoms with Crippen molar-refractivity contribution in [1.29, 1.82) is 0 Å². The summed E-state index contributed by atoms with van der Waals surface area (Å²) < 4.78 is 43.1. The van der Waals surface area contributed by atoms with Crippen molar-refractivity contribution >= 4 is 11.8 Å². The number of benzene rings is 1. The molecule has 1 aromatic heterocycles. The number of carbonyl (C=O) groups excluding carboxylic acids is 2. The van der Waals surface area contributed by atoms with Crippen molar-refractivity contribution in [1.82, 2.24) is 20.8 Å². The maximum atomic E-state index is 12.7. The second-order valence-corrected chi connectivity index (χ2v) is 7.43. The summed E-state index contributed by atoms with van der Waals surface area (Å²) in [7, 11) is 0. The smallest absolute Gasteiger partial charge is 0.367 e. The highest BCUT2D eigenvalue weighted by atomic mass is 19.4. The number of aromatic nitrogens is 2. The Bertz CT molecular complexity index is 1200. The van der Waals surface area contributed by atoms with E-state index in [9.17, 15) is 22.8 Å². The Morgan fingerprint density at radius 2 is 1.88 bits per heavy atom. The largest absolute Gasteiger partial charge is 0.416 e. The standard InChI is InChI=1S/C22H19F3N6O3/c23-22(24,25)14-7-5-13(6-8-14)19-28-18(34-31-19)10-9-17(32)26-11-12-27-20-15-3-1-2-4-16(15)21(33)30-29-20/h1-8,16,27H,9-12H2,(H,26,32). The molecule has 176 valence electrons. The van der Waals surface area contributed by atoms with Gasteiger partial charge >= 0.3 is 6.18 Å². The Kier molecular flexibility index (Phi) is 6.66. The molecule has 1 aliphatic carbocycles. The second kappa shape index (κ2) is 9.81. The third-order valence-corrected chi connectivity index (χ3v) is 5.06. The van der Waals surface area contributed by atoms with E-state index in [1.807, 2.05) is 6.08 Å². The predicted molar refractivity (Wildman–Crippen MR) is 113 cm³/mol. The van der Waals surface area contributed by atoms with Crippen molar-refractivity contribution in [3.63, 3.8) is 0 Å². The first-order chi connectivity index (χ1) is 16.3. The van der Waals surface area contributed by atoms with Crippen LogP contribution in [-0.4, -0.2) is 35.0 Å². The van der Waals surface area contributed by atoms with E-state index in [0.29, 0.717) is 24.5 Å². The van der Waals surface area contributed by atoms with Crippen molar-refractivity contribution in [3.05, 3.63) is 71.4 Å². The molecule has 0 bridgehead atoms. The Hall–Kier alpha value is -4.09. The number of aryl methyl sites for hydroxylation is 1. The van der Waals surface area contributed by atoms with Gasteiger partial charge in [0.25, 0.3) is 5.91 Å². The van der Waals surface area contributed by atoms with Crippen LogP contribution in [0.4, 0.5) is 13.2 Å². The Balaban J connectivity index is 1.21. The summed E-state index contributed by atoms with van der Waals surface area (Å²) in [6, 6.07) is 4.41. The fraction of sp³-hybridized carbons (Fsp3) is 0.273. The molecule has 2 heterocycles. The maximum absolute atomic E-state index is 12.7. The molecule has 2 aromatic rings. The number of azo groups is 1. The minimum Gasteiger partial charge on any atom is -0.367 e. The Morgan fingerprint density at radius 1 is 1.09 bits per heavy atom. The van der Waals surface area contributed by atoms with Gasteiger partial charge in [0.2, 0.25) is 17.6 Å². The fourth-order valence-corrected chi connectivity index (χ4v) is 3.31. The van der Waals surface area contributed by atoms with E-state index in [1.165, 1.54) is 12.1 Å². The third-order valence-electron chi connectivity index (χ3n) is 5.06. The lowest BCUT2D eigenvalue weighted by atomic mass is 9.93. The summed E-state index contributed by atoms with van der Waals surface area (Å²) in [6.45, 7) is 0.685. The van der Waals surface area contributed by atoms with Crippen molar-refractivity contribution in [2.45, 2.75) is 19.0 Å². The van der Waals surface area contributed by atoms with E-state index in [1.54, 1.807) is 18.2 Å². The molecular weight excluding hydrogens is 453 g/mol. The van der Waals surface area contributed by atoms with Crippen molar-refractivity contribution in [2.24, 2.45) is 16.1 Å². The summed E-state index contributed by atoms with van der Waals surface area (Å²) >= 11 is 0. The molecule has 0 spiro atoms. The number of hydrogen-bond donors (Lipinski definition) is 2. The molecule has 0 saturated heterocycles. The molecule has 0 fully saturated rings. The minimum atomic E-state index is -4.42. The van der Waals surface area contributed by atoms with Crippen LogP contribution < -0.4 is 10.6 Å². The quantitative estimate of drug-likeness (QED) is 0.569. The van der Waals surface area contributed by atoms with Gasteiger partial charge in [0.05, 0.1) is 11.5 Å². The maximum Gasteiger partial charge on any atom is 0.416 e. The zero-order valence-electron chi connectivity index (χ0n) is 17.7. The second-order valence-electron chi connectivity index (χ2n) is 7.43.